The molecule has 2 rings (SSSR count). The smallest absolute Gasteiger partial charge is 0.242 e. The maximum absolute atomic E-state index is 12.1. The van der Waals surface area contributed by atoms with Crippen molar-refractivity contribution in [1.29, 1.82) is 0 Å². The van der Waals surface area contributed by atoms with Crippen LogP contribution in [0, 0.1) is 0 Å². The molecule has 0 spiro atoms. The van der Waals surface area contributed by atoms with Gasteiger partial charge in [0.1, 0.15) is 18.4 Å². The highest BCUT2D eigenvalue weighted by atomic mass is 16.5. The molecule has 27 heavy (non-hydrogen) atoms. The van der Waals surface area contributed by atoms with Crippen LogP contribution in [0.4, 0.5) is 0 Å². The van der Waals surface area contributed by atoms with Crippen molar-refractivity contribution in [2.24, 2.45) is 0 Å². The lowest BCUT2D eigenvalue weighted by atomic mass is 10.1. The third-order valence-corrected chi connectivity index (χ3v) is 4.22. The predicted octanol–water partition coefficient (Wildman–Crippen LogP) is 3.23. The Morgan fingerprint density at radius 1 is 0.963 bits per heavy atom. The molecule has 0 aliphatic heterocycles. The van der Waals surface area contributed by atoms with E-state index in [1.54, 1.807) is 0 Å². The standard InChI is InChI=1S/C22H28N2O3/c1-3-20(22(26)23-4-2)24-21(25)15-12-17-10-13-19(14-11-17)27-16-18-8-6-5-7-9-18/h5-11,13-14,20H,3-4,12,15-16H2,1-2H3,(H,23,26)(H,24,25)/t20-/m1/s1. The summed E-state index contributed by atoms with van der Waals surface area (Å²) in [6.45, 7) is 4.83. The second kappa shape index (κ2) is 11.0. The van der Waals surface area contributed by atoms with Crippen molar-refractivity contribution in [3.63, 3.8) is 0 Å². The lowest BCUT2D eigenvalue weighted by Gasteiger charge is -2.16. The van der Waals surface area contributed by atoms with Crippen LogP contribution < -0.4 is 15.4 Å². The summed E-state index contributed by atoms with van der Waals surface area (Å²) in [5.74, 6) is 0.556. The number of hydrogen-bond donors (Lipinski definition) is 2. The molecule has 0 radical (unpaired) electrons. The van der Waals surface area contributed by atoms with E-state index in [1.807, 2.05) is 68.4 Å². The monoisotopic (exact) mass is 368 g/mol. The summed E-state index contributed by atoms with van der Waals surface area (Å²) in [7, 11) is 0. The van der Waals surface area contributed by atoms with Crippen LogP contribution in [0.15, 0.2) is 54.6 Å². The molecule has 0 aliphatic rings. The Balaban J connectivity index is 1.77. The van der Waals surface area contributed by atoms with Gasteiger partial charge >= 0.3 is 0 Å². The van der Waals surface area contributed by atoms with Crippen LogP contribution in [0.3, 0.4) is 0 Å². The second-order valence-electron chi connectivity index (χ2n) is 6.34. The van der Waals surface area contributed by atoms with E-state index in [9.17, 15) is 9.59 Å². The van der Waals surface area contributed by atoms with Crippen LogP contribution in [0.2, 0.25) is 0 Å². The van der Waals surface area contributed by atoms with E-state index in [0.717, 1.165) is 16.9 Å². The van der Waals surface area contributed by atoms with Gasteiger partial charge in [0.05, 0.1) is 0 Å². The lowest BCUT2D eigenvalue weighted by molar-refractivity contribution is -0.129. The zero-order valence-corrected chi connectivity index (χ0v) is 16.0. The van der Waals surface area contributed by atoms with Crippen LogP contribution in [0.5, 0.6) is 5.75 Å². The molecule has 0 aliphatic carbocycles. The highest BCUT2D eigenvalue weighted by Gasteiger charge is 2.17. The molecule has 144 valence electrons. The normalized spacial score (nSPS) is 11.5. The van der Waals surface area contributed by atoms with Crippen molar-refractivity contribution in [2.45, 2.75) is 45.8 Å². The number of rotatable bonds is 10. The highest BCUT2D eigenvalue weighted by Crippen LogP contribution is 2.15. The SMILES string of the molecule is CCNC(=O)[C@@H](CC)NC(=O)CCc1ccc(OCc2ccccc2)cc1. The van der Waals surface area contributed by atoms with Gasteiger partial charge in [-0.2, -0.15) is 0 Å². The van der Waals surface area contributed by atoms with Gasteiger partial charge < -0.3 is 15.4 Å². The number of ether oxygens (including phenoxy) is 1. The molecule has 0 saturated heterocycles. The van der Waals surface area contributed by atoms with Gasteiger partial charge in [-0.1, -0.05) is 49.4 Å². The number of benzene rings is 2. The lowest BCUT2D eigenvalue weighted by Crippen LogP contribution is -2.46. The maximum atomic E-state index is 12.1. The van der Waals surface area contributed by atoms with Crippen LogP contribution >= 0.6 is 0 Å². The first-order valence-corrected chi connectivity index (χ1v) is 9.45. The van der Waals surface area contributed by atoms with Crippen molar-refractivity contribution in [2.75, 3.05) is 6.54 Å². The quantitative estimate of drug-likeness (QED) is 0.677. The van der Waals surface area contributed by atoms with E-state index in [1.165, 1.54) is 0 Å². The first kappa shape index (κ1) is 20.5. The summed E-state index contributed by atoms with van der Waals surface area (Å²) in [4.78, 5) is 24.0. The predicted molar refractivity (Wildman–Crippen MR) is 106 cm³/mol. The van der Waals surface area contributed by atoms with Gasteiger partial charge in [-0.05, 0) is 43.0 Å². The Hall–Kier alpha value is -2.82. The molecule has 2 aromatic carbocycles. The summed E-state index contributed by atoms with van der Waals surface area (Å²) in [6, 6.07) is 17.3. The second-order valence-corrected chi connectivity index (χ2v) is 6.34. The molecule has 2 amide bonds. The van der Waals surface area contributed by atoms with Crippen LogP contribution in [0.25, 0.3) is 0 Å². The fourth-order valence-electron chi connectivity index (χ4n) is 2.67. The van der Waals surface area contributed by atoms with E-state index < -0.39 is 6.04 Å². The van der Waals surface area contributed by atoms with Crippen LogP contribution in [0.1, 0.15) is 37.8 Å². The molecule has 0 heterocycles. The summed E-state index contributed by atoms with van der Waals surface area (Å²) in [5, 5.41) is 5.53. The van der Waals surface area contributed by atoms with Crippen molar-refractivity contribution in [3.8, 4) is 5.75 Å². The van der Waals surface area contributed by atoms with Crippen molar-refractivity contribution in [1.82, 2.24) is 10.6 Å². The topological polar surface area (TPSA) is 67.4 Å². The van der Waals surface area contributed by atoms with Crippen LogP contribution in [-0.4, -0.2) is 24.4 Å². The van der Waals surface area contributed by atoms with E-state index in [-0.39, 0.29) is 11.8 Å². The summed E-state index contributed by atoms with van der Waals surface area (Å²) < 4.78 is 5.77. The first-order valence-electron chi connectivity index (χ1n) is 9.45. The van der Waals surface area contributed by atoms with Crippen LogP contribution in [-0.2, 0) is 22.6 Å². The van der Waals surface area contributed by atoms with E-state index in [0.29, 0.717) is 32.4 Å². The van der Waals surface area contributed by atoms with Crippen molar-refractivity contribution >= 4 is 11.8 Å². The number of nitrogens with one attached hydrogen (secondary N) is 2. The number of likely N-dealkylation sites (N-methyl/N-ethyl adjacent to an activating group) is 1. The third-order valence-electron chi connectivity index (χ3n) is 4.22. The largest absolute Gasteiger partial charge is 0.489 e. The van der Waals surface area contributed by atoms with Crippen molar-refractivity contribution in [3.05, 3.63) is 65.7 Å². The molecule has 5 nitrogen and oxygen atoms in total. The minimum atomic E-state index is -0.466. The average molecular weight is 368 g/mol. The minimum Gasteiger partial charge on any atom is -0.489 e. The fraction of sp³-hybridized carbons (Fsp3) is 0.364. The van der Waals surface area contributed by atoms with Crippen molar-refractivity contribution < 1.29 is 14.3 Å². The average Bonchev–Trinajstić information content (AvgIpc) is 2.70. The molecule has 0 bridgehead atoms. The summed E-state index contributed by atoms with van der Waals surface area (Å²) in [5.41, 5.74) is 2.18. The van der Waals surface area contributed by atoms with E-state index in [2.05, 4.69) is 10.6 Å². The number of amides is 2. The molecule has 0 unspecified atom stereocenters. The van der Waals surface area contributed by atoms with Gasteiger partial charge in [0.2, 0.25) is 11.8 Å². The Kier molecular flexibility index (Phi) is 8.36. The summed E-state index contributed by atoms with van der Waals surface area (Å²) in [6.07, 6.45) is 1.54. The molecule has 0 aromatic heterocycles. The highest BCUT2D eigenvalue weighted by molar-refractivity contribution is 5.87. The molecule has 0 saturated carbocycles. The Morgan fingerprint density at radius 3 is 2.30 bits per heavy atom. The van der Waals surface area contributed by atoms with Gasteiger partial charge in [-0.25, -0.2) is 0 Å². The molecule has 2 aromatic rings. The molecular formula is C22H28N2O3. The molecule has 0 fully saturated rings. The van der Waals surface area contributed by atoms with Gasteiger partial charge in [-0.15, -0.1) is 0 Å². The molecule has 2 N–H and O–H groups in total. The van der Waals surface area contributed by atoms with E-state index in [4.69, 9.17) is 4.74 Å². The Labute approximate surface area is 161 Å². The fourth-order valence-corrected chi connectivity index (χ4v) is 2.67. The Morgan fingerprint density at radius 2 is 1.67 bits per heavy atom. The number of carbonyl (C=O) groups is 2. The molecule has 5 heteroatoms. The number of hydrogen-bond acceptors (Lipinski definition) is 3. The van der Waals surface area contributed by atoms with Gasteiger partial charge in [0.25, 0.3) is 0 Å². The Bertz CT molecular complexity index is 714. The van der Waals surface area contributed by atoms with E-state index >= 15 is 0 Å². The summed E-state index contributed by atoms with van der Waals surface area (Å²) >= 11 is 0. The van der Waals surface area contributed by atoms with Gasteiger partial charge in [-0.3, -0.25) is 9.59 Å². The molecular weight excluding hydrogens is 340 g/mol. The van der Waals surface area contributed by atoms with Gasteiger partial charge in [0, 0.05) is 13.0 Å². The molecule has 1 atom stereocenters. The maximum Gasteiger partial charge on any atom is 0.242 e. The number of carbonyl (C=O) groups excluding carboxylic acids is 2. The number of aryl methyl sites for hydroxylation is 1. The first-order chi connectivity index (χ1) is 13.1. The third kappa shape index (κ3) is 7.13. The minimum absolute atomic E-state index is 0.113. The zero-order chi connectivity index (χ0) is 19.5. The van der Waals surface area contributed by atoms with Gasteiger partial charge in [0.15, 0.2) is 0 Å². The zero-order valence-electron chi connectivity index (χ0n) is 16.0.